The average molecular weight is 459 g/mol. The zero-order valence-corrected chi connectivity index (χ0v) is 18.4. The van der Waals surface area contributed by atoms with Gasteiger partial charge in [0.05, 0.1) is 11.5 Å². The van der Waals surface area contributed by atoms with Gasteiger partial charge >= 0.3 is 0 Å². The Hall–Kier alpha value is -2.69. The van der Waals surface area contributed by atoms with Crippen LogP contribution in [0.4, 0.5) is 0 Å². The SMILES string of the molecule is O=C(CSc1nnc(-c2ccccc2)o1)N1CCN(S(=O)(=O)Cc2ccccc2)CC1. The van der Waals surface area contributed by atoms with Gasteiger partial charge in [-0.05, 0) is 17.7 Å². The molecule has 10 heteroatoms. The van der Waals surface area contributed by atoms with Gasteiger partial charge in [0.25, 0.3) is 5.22 Å². The van der Waals surface area contributed by atoms with Gasteiger partial charge in [-0.3, -0.25) is 4.79 Å². The molecule has 2 heterocycles. The minimum atomic E-state index is -3.41. The molecule has 1 aliphatic heterocycles. The van der Waals surface area contributed by atoms with E-state index in [0.29, 0.717) is 37.3 Å². The molecule has 3 aromatic rings. The fourth-order valence-corrected chi connectivity index (χ4v) is 5.45. The quantitative estimate of drug-likeness (QED) is 0.502. The molecule has 2 aromatic carbocycles. The molecule has 31 heavy (non-hydrogen) atoms. The van der Waals surface area contributed by atoms with E-state index in [1.807, 2.05) is 48.5 Å². The Balaban J connectivity index is 1.26. The normalized spacial score (nSPS) is 15.2. The minimum absolute atomic E-state index is 0.0292. The highest BCUT2D eigenvalue weighted by Gasteiger charge is 2.29. The van der Waals surface area contributed by atoms with Gasteiger partial charge in [-0.25, -0.2) is 8.42 Å². The lowest BCUT2D eigenvalue weighted by Gasteiger charge is -2.34. The van der Waals surface area contributed by atoms with Gasteiger partial charge in [-0.15, -0.1) is 10.2 Å². The highest BCUT2D eigenvalue weighted by molar-refractivity contribution is 7.99. The van der Waals surface area contributed by atoms with Crippen LogP contribution in [0, 0.1) is 0 Å². The van der Waals surface area contributed by atoms with E-state index < -0.39 is 10.0 Å². The fraction of sp³-hybridized carbons (Fsp3) is 0.286. The lowest BCUT2D eigenvalue weighted by molar-refractivity contribution is -0.129. The molecule has 1 aromatic heterocycles. The largest absolute Gasteiger partial charge is 0.411 e. The number of aromatic nitrogens is 2. The van der Waals surface area contributed by atoms with Gasteiger partial charge in [0.2, 0.25) is 21.8 Å². The number of thioether (sulfide) groups is 1. The first-order valence-electron chi connectivity index (χ1n) is 9.82. The van der Waals surface area contributed by atoms with Crippen LogP contribution >= 0.6 is 11.8 Å². The van der Waals surface area contributed by atoms with E-state index in [-0.39, 0.29) is 17.4 Å². The molecule has 1 fully saturated rings. The van der Waals surface area contributed by atoms with Crippen molar-refractivity contribution in [1.29, 1.82) is 0 Å². The number of piperazine rings is 1. The van der Waals surface area contributed by atoms with Crippen LogP contribution in [-0.2, 0) is 20.6 Å². The summed E-state index contributed by atoms with van der Waals surface area (Å²) in [6.07, 6.45) is 0. The first-order chi connectivity index (χ1) is 15.0. The van der Waals surface area contributed by atoms with Crippen LogP contribution in [0.15, 0.2) is 70.3 Å². The van der Waals surface area contributed by atoms with Gasteiger partial charge in [0.1, 0.15) is 0 Å². The maximum absolute atomic E-state index is 12.7. The molecular weight excluding hydrogens is 436 g/mol. The van der Waals surface area contributed by atoms with Crippen LogP contribution < -0.4 is 0 Å². The zero-order valence-electron chi connectivity index (χ0n) is 16.8. The maximum atomic E-state index is 12.7. The van der Waals surface area contributed by atoms with Crippen LogP contribution in [0.5, 0.6) is 0 Å². The Morgan fingerprint density at radius 2 is 1.58 bits per heavy atom. The highest BCUT2D eigenvalue weighted by Crippen LogP contribution is 2.23. The molecule has 0 saturated carbocycles. The molecule has 0 spiro atoms. The molecule has 8 nitrogen and oxygen atoms in total. The fourth-order valence-electron chi connectivity index (χ4n) is 3.27. The third-order valence-corrected chi connectivity index (χ3v) is 7.58. The van der Waals surface area contributed by atoms with Gasteiger partial charge < -0.3 is 9.32 Å². The van der Waals surface area contributed by atoms with E-state index in [1.54, 1.807) is 17.0 Å². The highest BCUT2D eigenvalue weighted by atomic mass is 32.2. The van der Waals surface area contributed by atoms with Crippen LogP contribution in [-0.4, -0.2) is 65.7 Å². The van der Waals surface area contributed by atoms with Crippen molar-refractivity contribution in [3.8, 4) is 11.5 Å². The standard InChI is InChI=1S/C21H22N4O4S2/c26-19(15-30-21-23-22-20(29-21)18-9-5-2-6-10-18)24-11-13-25(14-12-24)31(27,28)16-17-7-3-1-4-8-17/h1-10H,11-16H2. The van der Waals surface area contributed by atoms with Crippen LogP contribution in [0.3, 0.4) is 0 Å². The topological polar surface area (TPSA) is 96.6 Å². The molecule has 1 saturated heterocycles. The van der Waals surface area contributed by atoms with Crippen LogP contribution in [0.2, 0.25) is 0 Å². The average Bonchev–Trinajstić information content (AvgIpc) is 3.28. The van der Waals surface area contributed by atoms with E-state index in [9.17, 15) is 13.2 Å². The van der Waals surface area contributed by atoms with Gasteiger partial charge in [0, 0.05) is 31.7 Å². The van der Waals surface area contributed by atoms with Crippen molar-refractivity contribution < 1.29 is 17.6 Å². The summed E-state index contributed by atoms with van der Waals surface area (Å²) in [5.74, 6) is 0.462. The van der Waals surface area contributed by atoms with Gasteiger partial charge in [-0.2, -0.15) is 4.31 Å². The molecule has 0 N–H and O–H groups in total. The summed E-state index contributed by atoms with van der Waals surface area (Å²) in [5.41, 5.74) is 1.58. The van der Waals surface area contributed by atoms with Gasteiger partial charge in [0.15, 0.2) is 0 Å². The Morgan fingerprint density at radius 3 is 2.26 bits per heavy atom. The molecule has 0 bridgehead atoms. The molecule has 4 rings (SSSR count). The number of hydrogen-bond donors (Lipinski definition) is 0. The Morgan fingerprint density at radius 1 is 0.935 bits per heavy atom. The number of carbonyl (C=O) groups is 1. The Labute approximate surface area is 185 Å². The summed E-state index contributed by atoms with van der Waals surface area (Å²) in [6.45, 7) is 1.33. The van der Waals surface area contributed by atoms with Crippen molar-refractivity contribution in [2.75, 3.05) is 31.9 Å². The first-order valence-corrected chi connectivity index (χ1v) is 12.4. The summed E-state index contributed by atoms with van der Waals surface area (Å²) >= 11 is 1.18. The first kappa shape index (κ1) is 21.5. The zero-order chi connectivity index (χ0) is 21.7. The number of hydrogen-bond acceptors (Lipinski definition) is 7. The summed E-state index contributed by atoms with van der Waals surface area (Å²) in [4.78, 5) is 14.2. The predicted molar refractivity (Wildman–Crippen MR) is 118 cm³/mol. The van der Waals surface area contributed by atoms with Crippen LogP contribution in [0.25, 0.3) is 11.5 Å². The van der Waals surface area contributed by atoms with E-state index in [1.165, 1.54) is 16.1 Å². The predicted octanol–water partition coefficient (Wildman–Crippen LogP) is 2.50. The number of amides is 1. The second-order valence-electron chi connectivity index (χ2n) is 7.05. The molecule has 0 unspecified atom stereocenters. The van der Waals surface area contributed by atoms with Crippen LogP contribution in [0.1, 0.15) is 5.56 Å². The molecule has 0 radical (unpaired) electrons. The van der Waals surface area contributed by atoms with Crippen molar-refractivity contribution in [3.05, 3.63) is 66.2 Å². The van der Waals surface area contributed by atoms with Crippen molar-refractivity contribution in [2.45, 2.75) is 11.0 Å². The Kier molecular flexibility index (Phi) is 6.69. The summed E-state index contributed by atoms with van der Waals surface area (Å²) in [7, 11) is -3.41. The molecular formula is C21H22N4O4S2. The third-order valence-electron chi connectivity index (χ3n) is 4.92. The Bertz CT molecular complexity index is 1110. The maximum Gasteiger partial charge on any atom is 0.277 e. The van der Waals surface area contributed by atoms with Crippen molar-refractivity contribution in [1.82, 2.24) is 19.4 Å². The van der Waals surface area contributed by atoms with E-state index in [4.69, 9.17) is 4.42 Å². The number of nitrogens with zero attached hydrogens (tertiary/aromatic N) is 4. The minimum Gasteiger partial charge on any atom is -0.411 e. The smallest absolute Gasteiger partial charge is 0.277 e. The molecule has 0 atom stereocenters. The summed E-state index contributed by atoms with van der Waals surface area (Å²) < 4.78 is 32.4. The van der Waals surface area contributed by atoms with Crippen molar-refractivity contribution >= 4 is 27.7 Å². The number of sulfonamides is 1. The van der Waals surface area contributed by atoms with Gasteiger partial charge in [-0.1, -0.05) is 60.3 Å². The lowest BCUT2D eigenvalue weighted by Crippen LogP contribution is -2.51. The second-order valence-corrected chi connectivity index (χ2v) is 9.94. The van der Waals surface area contributed by atoms with E-state index in [0.717, 1.165) is 11.1 Å². The number of carbonyl (C=O) groups excluding carboxylic acids is 1. The number of rotatable bonds is 7. The lowest BCUT2D eigenvalue weighted by atomic mass is 10.2. The molecule has 1 aliphatic rings. The van der Waals surface area contributed by atoms with E-state index in [2.05, 4.69) is 10.2 Å². The summed E-state index contributed by atoms with van der Waals surface area (Å²) in [5, 5.41) is 8.32. The molecule has 1 amide bonds. The second kappa shape index (κ2) is 9.63. The molecule has 162 valence electrons. The summed E-state index contributed by atoms with van der Waals surface area (Å²) in [6, 6.07) is 18.5. The molecule has 0 aliphatic carbocycles. The van der Waals surface area contributed by atoms with E-state index >= 15 is 0 Å². The monoisotopic (exact) mass is 458 g/mol. The van der Waals surface area contributed by atoms with Crippen molar-refractivity contribution in [3.63, 3.8) is 0 Å². The van der Waals surface area contributed by atoms with Crippen molar-refractivity contribution in [2.24, 2.45) is 0 Å². The third kappa shape index (κ3) is 5.52. The number of benzene rings is 2.